The van der Waals surface area contributed by atoms with Crippen molar-refractivity contribution in [2.75, 3.05) is 0 Å². The molecule has 0 saturated carbocycles. The summed E-state index contributed by atoms with van der Waals surface area (Å²) in [5.41, 5.74) is 0.838. The Balaban J connectivity index is 2.41. The molecule has 0 heterocycles. The van der Waals surface area contributed by atoms with Crippen LogP contribution in [0.3, 0.4) is 0 Å². The van der Waals surface area contributed by atoms with Crippen molar-refractivity contribution in [3.8, 4) is 0 Å². The highest BCUT2D eigenvalue weighted by Crippen LogP contribution is 2.29. The maximum Gasteiger partial charge on any atom is 0.408 e. The molecule has 0 saturated heterocycles. The van der Waals surface area contributed by atoms with Crippen molar-refractivity contribution in [1.29, 1.82) is 0 Å². The lowest BCUT2D eigenvalue weighted by atomic mass is 9.90. The molecule has 27 heavy (non-hydrogen) atoms. The summed E-state index contributed by atoms with van der Waals surface area (Å²) in [6.07, 6.45) is -0.718. The molecule has 2 aromatic carbocycles. The minimum Gasteiger partial charge on any atom is -0.444 e. The Kier molecular flexibility index (Phi) is 6.34. The van der Waals surface area contributed by atoms with E-state index in [-0.39, 0.29) is 0 Å². The molecule has 6 heteroatoms. The molecule has 2 aromatic rings. The van der Waals surface area contributed by atoms with Gasteiger partial charge in [-0.05, 0) is 31.9 Å². The third-order valence-corrected chi connectivity index (χ3v) is 3.88. The molecule has 1 N–H and O–H groups in total. The zero-order valence-corrected chi connectivity index (χ0v) is 15.7. The van der Waals surface area contributed by atoms with Crippen LogP contribution in [0.5, 0.6) is 0 Å². The molecule has 2 atom stereocenters. The van der Waals surface area contributed by atoms with Crippen molar-refractivity contribution in [3.63, 3.8) is 0 Å². The Morgan fingerprint density at radius 2 is 1.59 bits per heavy atom. The van der Waals surface area contributed by atoms with Crippen molar-refractivity contribution in [3.05, 3.63) is 88.5 Å². The molecule has 0 aliphatic rings. The molecule has 0 radical (unpaired) electrons. The number of nitro groups is 1. The van der Waals surface area contributed by atoms with E-state index >= 15 is 0 Å². The molecule has 0 spiro atoms. The highest BCUT2D eigenvalue weighted by atomic mass is 16.6. The van der Waals surface area contributed by atoms with Gasteiger partial charge in [0.25, 0.3) is 6.04 Å². The van der Waals surface area contributed by atoms with Crippen LogP contribution in [0.15, 0.2) is 67.2 Å². The number of nitrogens with zero attached hydrogens (tertiary/aromatic N) is 1. The Bertz CT molecular complexity index is 798. The van der Waals surface area contributed by atoms with Gasteiger partial charge in [0.2, 0.25) is 0 Å². The van der Waals surface area contributed by atoms with Gasteiger partial charge in [-0.25, -0.2) is 4.79 Å². The van der Waals surface area contributed by atoms with Crippen molar-refractivity contribution >= 4 is 11.7 Å². The van der Waals surface area contributed by atoms with Crippen molar-refractivity contribution in [2.24, 2.45) is 0 Å². The number of ether oxygens (including phenoxy) is 1. The van der Waals surface area contributed by atoms with Crippen molar-refractivity contribution in [1.82, 2.24) is 5.32 Å². The van der Waals surface area contributed by atoms with Crippen LogP contribution in [0.2, 0.25) is 0 Å². The summed E-state index contributed by atoms with van der Waals surface area (Å²) in [6, 6.07) is 15.5. The van der Waals surface area contributed by atoms with Gasteiger partial charge in [-0.1, -0.05) is 67.2 Å². The summed E-state index contributed by atoms with van der Waals surface area (Å²) in [6.45, 7) is 9.14. The van der Waals surface area contributed by atoms with E-state index in [1.807, 2.05) is 6.07 Å². The van der Waals surface area contributed by atoms with Crippen LogP contribution in [0.4, 0.5) is 4.79 Å². The Hall–Kier alpha value is -3.15. The third kappa shape index (κ3) is 5.67. The molecular weight excluding hydrogens is 344 g/mol. The predicted molar refractivity (Wildman–Crippen MR) is 105 cm³/mol. The smallest absolute Gasteiger partial charge is 0.408 e. The first-order valence-electron chi connectivity index (χ1n) is 8.61. The first-order valence-corrected chi connectivity index (χ1v) is 8.61. The summed E-state index contributed by atoms with van der Waals surface area (Å²) in [5, 5.41) is 14.6. The number of amides is 1. The average Bonchev–Trinajstić information content (AvgIpc) is 2.60. The molecule has 0 unspecified atom stereocenters. The topological polar surface area (TPSA) is 81.5 Å². The Morgan fingerprint density at radius 3 is 2.07 bits per heavy atom. The zero-order chi connectivity index (χ0) is 20.0. The van der Waals surface area contributed by atoms with E-state index in [4.69, 9.17) is 4.74 Å². The van der Waals surface area contributed by atoms with E-state index in [0.29, 0.717) is 16.7 Å². The van der Waals surface area contributed by atoms with E-state index in [0.717, 1.165) is 0 Å². The summed E-state index contributed by atoms with van der Waals surface area (Å²) in [5.74, 6) is 0. The van der Waals surface area contributed by atoms with E-state index in [1.54, 1.807) is 75.4 Å². The number of rotatable bonds is 6. The molecule has 1 amide bonds. The van der Waals surface area contributed by atoms with E-state index in [2.05, 4.69) is 11.9 Å². The Labute approximate surface area is 159 Å². The second kappa shape index (κ2) is 8.49. The van der Waals surface area contributed by atoms with Crippen LogP contribution in [-0.4, -0.2) is 22.7 Å². The lowest BCUT2D eigenvalue weighted by molar-refractivity contribution is -0.510. The zero-order valence-electron chi connectivity index (χ0n) is 15.7. The van der Waals surface area contributed by atoms with E-state index < -0.39 is 28.7 Å². The maximum absolute atomic E-state index is 12.3. The van der Waals surface area contributed by atoms with Crippen LogP contribution in [-0.2, 0) is 4.74 Å². The standard InChI is InChI=1S/C21H24N2O4/c1-15(16-11-7-5-8-12-16)19(23(25)26)18(17-13-9-6-10-14-17)22-20(24)27-21(2,3)4/h5-14,18-19H,1H2,2-4H3,(H,22,24)/t18-,19+/m0/s1. The van der Waals surface area contributed by atoms with E-state index in [1.165, 1.54) is 0 Å². The van der Waals surface area contributed by atoms with Crippen LogP contribution < -0.4 is 5.32 Å². The van der Waals surface area contributed by atoms with Gasteiger partial charge >= 0.3 is 6.09 Å². The number of carbonyl (C=O) groups is 1. The molecule has 6 nitrogen and oxygen atoms in total. The quantitative estimate of drug-likeness (QED) is 0.596. The molecule has 142 valence electrons. The first kappa shape index (κ1) is 20.2. The SMILES string of the molecule is C=C(c1ccccc1)[C@H]([C@@H](NC(=O)OC(C)(C)C)c1ccccc1)[N+](=O)[O-]. The fourth-order valence-electron chi connectivity index (χ4n) is 2.71. The van der Waals surface area contributed by atoms with Gasteiger partial charge in [-0.2, -0.15) is 0 Å². The third-order valence-electron chi connectivity index (χ3n) is 3.88. The Morgan fingerprint density at radius 1 is 1.07 bits per heavy atom. The van der Waals surface area contributed by atoms with Gasteiger partial charge in [0.1, 0.15) is 11.6 Å². The van der Waals surface area contributed by atoms with Gasteiger partial charge in [0.05, 0.1) is 0 Å². The summed E-state index contributed by atoms with van der Waals surface area (Å²) >= 11 is 0. The van der Waals surface area contributed by atoms with Crippen molar-refractivity contribution in [2.45, 2.75) is 38.5 Å². The lowest BCUT2D eigenvalue weighted by Crippen LogP contribution is -2.42. The van der Waals surface area contributed by atoms with E-state index in [9.17, 15) is 14.9 Å². The van der Waals surface area contributed by atoms with Crippen LogP contribution in [0.1, 0.15) is 37.9 Å². The molecule has 0 aromatic heterocycles. The minimum atomic E-state index is -1.25. The highest BCUT2D eigenvalue weighted by Gasteiger charge is 2.38. The number of alkyl carbamates (subject to hydrolysis) is 1. The molecule has 2 rings (SSSR count). The number of hydrogen-bond acceptors (Lipinski definition) is 4. The van der Waals surface area contributed by atoms with Gasteiger partial charge in [0.15, 0.2) is 0 Å². The fraction of sp³-hybridized carbons (Fsp3) is 0.286. The normalized spacial score (nSPS) is 13.3. The first-order chi connectivity index (χ1) is 12.7. The molecular formula is C21H24N2O4. The predicted octanol–water partition coefficient (Wildman–Crippen LogP) is 4.61. The lowest BCUT2D eigenvalue weighted by Gasteiger charge is -2.26. The molecule has 0 bridgehead atoms. The number of carbonyl (C=O) groups excluding carboxylic acids is 1. The largest absolute Gasteiger partial charge is 0.444 e. The monoisotopic (exact) mass is 368 g/mol. The van der Waals surface area contributed by atoms with Crippen molar-refractivity contribution < 1.29 is 14.5 Å². The molecule has 0 aliphatic carbocycles. The summed E-state index contributed by atoms with van der Waals surface area (Å²) in [7, 11) is 0. The summed E-state index contributed by atoms with van der Waals surface area (Å²) < 4.78 is 5.30. The molecule has 0 aliphatic heterocycles. The van der Waals surface area contributed by atoms with Gasteiger partial charge in [0, 0.05) is 10.5 Å². The van der Waals surface area contributed by atoms with Crippen LogP contribution in [0.25, 0.3) is 5.57 Å². The summed E-state index contributed by atoms with van der Waals surface area (Å²) in [4.78, 5) is 23.9. The minimum absolute atomic E-state index is 0.311. The van der Waals surface area contributed by atoms with Gasteiger partial charge in [-0.15, -0.1) is 0 Å². The second-order valence-corrected chi connectivity index (χ2v) is 7.16. The number of hydrogen-bond donors (Lipinski definition) is 1. The fourth-order valence-corrected chi connectivity index (χ4v) is 2.71. The van der Waals surface area contributed by atoms with Gasteiger partial charge in [-0.3, -0.25) is 10.1 Å². The number of nitrogens with one attached hydrogen (secondary N) is 1. The number of benzene rings is 2. The average molecular weight is 368 g/mol. The maximum atomic E-state index is 12.3. The van der Waals surface area contributed by atoms with Crippen LogP contribution in [0, 0.1) is 10.1 Å². The van der Waals surface area contributed by atoms with Gasteiger partial charge < -0.3 is 10.1 Å². The highest BCUT2D eigenvalue weighted by molar-refractivity contribution is 5.72. The van der Waals surface area contributed by atoms with Crippen LogP contribution >= 0.6 is 0 Å². The second-order valence-electron chi connectivity index (χ2n) is 7.16. The molecule has 0 fully saturated rings.